The van der Waals surface area contributed by atoms with Crippen LogP contribution in [0.3, 0.4) is 0 Å². The molecule has 3 nitrogen and oxygen atoms in total. The third kappa shape index (κ3) is 4.81. The lowest BCUT2D eigenvalue weighted by Crippen LogP contribution is -2.50. The fourth-order valence-electron chi connectivity index (χ4n) is 2.11. The van der Waals surface area contributed by atoms with Crippen molar-refractivity contribution >= 4 is 0 Å². The molecule has 0 aromatic heterocycles. The fraction of sp³-hybridized carbons (Fsp3) is 1.00. The van der Waals surface area contributed by atoms with Gasteiger partial charge >= 0.3 is 0 Å². The molecule has 0 bridgehead atoms. The van der Waals surface area contributed by atoms with Gasteiger partial charge in [-0.1, -0.05) is 26.2 Å². The first-order chi connectivity index (χ1) is 7.70. The number of hydrogen-bond acceptors (Lipinski definition) is 3. The maximum absolute atomic E-state index is 9.40. The molecule has 2 N–H and O–H groups in total. The van der Waals surface area contributed by atoms with Gasteiger partial charge in [-0.2, -0.15) is 0 Å². The SMILES string of the molecule is CCCNC(C)(CO)COC1CCCCC1. The Balaban J connectivity index is 2.25. The van der Waals surface area contributed by atoms with Crippen LogP contribution in [0.15, 0.2) is 0 Å². The van der Waals surface area contributed by atoms with Crippen LogP contribution in [0.5, 0.6) is 0 Å². The Bertz CT molecular complexity index is 181. The monoisotopic (exact) mass is 229 g/mol. The zero-order valence-corrected chi connectivity index (χ0v) is 10.8. The van der Waals surface area contributed by atoms with Crippen molar-refractivity contribution in [3.05, 3.63) is 0 Å². The van der Waals surface area contributed by atoms with Crippen LogP contribution >= 0.6 is 0 Å². The van der Waals surface area contributed by atoms with Gasteiger partial charge in [0.05, 0.1) is 24.9 Å². The van der Waals surface area contributed by atoms with Crippen molar-refractivity contribution in [2.24, 2.45) is 0 Å². The molecule has 1 aliphatic rings. The largest absolute Gasteiger partial charge is 0.394 e. The summed E-state index contributed by atoms with van der Waals surface area (Å²) in [5.41, 5.74) is -0.270. The topological polar surface area (TPSA) is 41.5 Å². The Morgan fingerprint density at radius 1 is 1.31 bits per heavy atom. The highest BCUT2D eigenvalue weighted by Crippen LogP contribution is 2.21. The van der Waals surface area contributed by atoms with Crippen LogP contribution in [0.4, 0.5) is 0 Å². The normalized spacial score (nSPS) is 21.9. The van der Waals surface area contributed by atoms with Crippen LogP contribution in [0.1, 0.15) is 52.4 Å². The highest BCUT2D eigenvalue weighted by molar-refractivity contribution is 4.82. The van der Waals surface area contributed by atoms with E-state index in [1.165, 1.54) is 32.1 Å². The summed E-state index contributed by atoms with van der Waals surface area (Å²) in [6, 6.07) is 0. The zero-order valence-electron chi connectivity index (χ0n) is 10.8. The van der Waals surface area contributed by atoms with E-state index in [-0.39, 0.29) is 12.1 Å². The Hall–Kier alpha value is -0.120. The molecule has 0 aromatic carbocycles. The minimum atomic E-state index is -0.270. The van der Waals surface area contributed by atoms with Crippen LogP contribution in [-0.4, -0.2) is 36.5 Å². The Morgan fingerprint density at radius 3 is 2.56 bits per heavy atom. The second-order valence-electron chi connectivity index (χ2n) is 5.22. The first-order valence-electron chi connectivity index (χ1n) is 6.67. The van der Waals surface area contributed by atoms with Gasteiger partial charge < -0.3 is 15.2 Å². The number of aliphatic hydroxyl groups excluding tert-OH is 1. The minimum Gasteiger partial charge on any atom is -0.394 e. The summed E-state index contributed by atoms with van der Waals surface area (Å²) in [4.78, 5) is 0. The second kappa shape index (κ2) is 7.25. The molecule has 0 aromatic rings. The molecule has 0 heterocycles. The smallest absolute Gasteiger partial charge is 0.0671 e. The molecule has 1 unspecified atom stereocenters. The molecule has 0 spiro atoms. The summed E-state index contributed by atoms with van der Waals surface area (Å²) < 4.78 is 5.91. The fourth-order valence-corrected chi connectivity index (χ4v) is 2.11. The maximum Gasteiger partial charge on any atom is 0.0671 e. The van der Waals surface area contributed by atoms with E-state index in [0.717, 1.165) is 13.0 Å². The van der Waals surface area contributed by atoms with E-state index < -0.39 is 0 Å². The summed E-state index contributed by atoms with van der Waals surface area (Å²) in [6.07, 6.45) is 7.82. The van der Waals surface area contributed by atoms with Crippen LogP contribution in [0.25, 0.3) is 0 Å². The van der Waals surface area contributed by atoms with Gasteiger partial charge in [0.2, 0.25) is 0 Å². The highest BCUT2D eigenvalue weighted by atomic mass is 16.5. The second-order valence-corrected chi connectivity index (χ2v) is 5.22. The molecule has 0 aliphatic heterocycles. The van der Waals surface area contributed by atoms with Crippen molar-refractivity contribution in [1.29, 1.82) is 0 Å². The quantitative estimate of drug-likeness (QED) is 0.702. The average Bonchev–Trinajstić information content (AvgIpc) is 2.35. The average molecular weight is 229 g/mol. The van der Waals surface area contributed by atoms with Gasteiger partial charge in [0.15, 0.2) is 0 Å². The molecule has 1 rings (SSSR count). The van der Waals surface area contributed by atoms with Crippen molar-refractivity contribution < 1.29 is 9.84 Å². The first-order valence-corrected chi connectivity index (χ1v) is 6.67. The van der Waals surface area contributed by atoms with E-state index in [0.29, 0.717) is 12.7 Å². The number of nitrogens with one attached hydrogen (secondary N) is 1. The Kier molecular flexibility index (Phi) is 6.32. The number of ether oxygens (including phenoxy) is 1. The molecule has 1 atom stereocenters. The van der Waals surface area contributed by atoms with Gasteiger partial charge in [0.25, 0.3) is 0 Å². The lowest BCUT2D eigenvalue weighted by molar-refractivity contribution is -0.0188. The predicted molar refractivity (Wildman–Crippen MR) is 66.6 cm³/mol. The van der Waals surface area contributed by atoms with Gasteiger partial charge in [-0.3, -0.25) is 0 Å². The van der Waals surface area contributed by atoms with Gasteiger partial charge in [0.1, 0.15) is 0 Å². The molecule has 0 amide bonds. The third-order valence-electron chi connectivity index (χ3n) is 3.34. The summed E-state index contributed by atoms with van der Waals surface area (Å²) >= 11 is 0. The van der Waals surface area contributed by atoms with E-state index in [9.17, 15) is 5.11 Å². The molecule has 96 valence electrons. The number of rotatable bonds is 7. The van der Waals surface area contributed by atoms with Crippen molar-refractivity contribution in [2.75, 3.05) is 19.8 Å². The van der Waals surface area contributed by atoms with E-state index in [1.54, 1.807) is 0 Å². The highest BCUT2D eigenvalue weighted by Gasteiger charge is 2.25. The molecular weight excluding hydrogens is 202 g/mol. The van der Waals surface area contributed by atoms with Crippen LogP contribution in [0, 0.1) is 0 Å². The number of aliphatic hydroxyl groups is 1. The van der Waals surface area contributed by atoms with Crippen molar-refractivity contribution in [2.45, 2.75) is 64.0 Å². The van der Waals surface area contributed by atoms with Crippen molar-refractivity contribution in [1.82, 2.24) is 5.32 Å². The molecular formula is C13H27NO2. The molecule has 0 saturated heterocycles. The van der Waals surface area contributed by atoms with E-state index >= 15 is 0 Å². The van der Waals surface area contributed by atoms with Crippen molar-refractivity contribution in [3.63, 3.8) is 0 Å². The molecule has 1 aliphatic carbocycles. The van der Waals surface area contributed by atoms with E-state index in [2.05, 4.69) is 12.2 Å². The van der Waals surface area contributed by atoms with Crippen LogP contribution in [-0.2, 0) is 4.74 Å². The maximum atomic E-state index is 9.40. The van der Waals surface area contributed by atoms with Crippen LogP contribution in [0.2, 0.25) is 0 Å². The Morgan fingerprint density at radius 2 is 2.00 bits per heavy atom. The number of hydrogen-bond donors (Lipinski definition) is 2. The Labute approximate surface area is 99.6 Å². The van der Waals surface area contributed by atoms with Crippen LogP contribution < -0.4 is 5.32 Å². The van der Waals surface area contributed by atoms with E-state index in [4.69, 9.17) is 4.74 Å². The lowest BCUT2D eigenvalue weighted by atomic mass is 9.97. The summed E-state index contributed by atoms with van der Waals surface area (Å²) in [5, 5.41) is 12.8. The summed E-state index contributed by atoms with van der Waals surface area (Å²) in [5.74, 6) is 0. The summed E-state index contributed by atoms with van der Waals surface area (Å²) in [7, 11) is 0. The first kappa shape index (κ1) is 13.9. The van der Waals surface area contributed by atoms with E-state index in [1.807, 2.05) is 6.92 Å². The standard InChI is InChI=1S/C13H27NO2/c1-3-9-14-13(2,10-15)11-16-12-7-5-4-6-8-12/h12,14-15H,3-11H2,1-2H3. The van der Waals surface area contributed by atoms with Gasteiger partial charge in [-0.05, 0) is 32.7 Å². The lowest BCUT2D eigenvalue weighted by Gasteiger charge is -2.32. The summed E-state index contributed by atoms with van der Waals surface area (Å²) in [6.45, 7) is 5.86. The van der Waals surface area contributed by atoms with Gasteiger partial charge in [-0.25, -0.2) is 0 Å². The molecule has 0 radical (unpaired) electrons. The third-order valence-corrected chi connectivity index (χ3v) is 3.34. The molecule has 1 fully saturated rings. The molecule has 16 heavy (non-hydrogen) atoms. The van der Waals surface area contributed by atoms with Gasteiger partial charge in [0, 0.05) is 0 Å². The molecule has 1 saturated carbocycles. The predicted octanol–water partition coefficient (Wildman–Crippen LogP) is 2.09. The zero-order chi connectivity index (χ0) is 11.9. The van der Waals surface area contributed by atoms with Gasteiger partial charge in [-0.15, -0.1) is 0 Å². The molecule has 3 heteroatoms. The minimum absolute atomic E-state index is 0.139. The van der Waals surface area contributed by atoms with Crippen molar-refractivity contribution in [3.8, 4) is 0 Å².